The highest BCUT2D eigenvalue weighted by Gasteiger charge is 2.46. The van der Waals surface area contributed by atoms with Crippen LogP contribution in [0.5, 0.6) is 0 Å². The third-order valence-electron chi connectivity index (χ3n) is 11.6. The topological polar surface area (TPSA) is 186 Å². The van der Waals surface area contributed by atoms with Crippen LogP contribution in [0.2, 0.25) is 0 Å². The van der Waals surface area contributed by atoms with E-state index in [-0.39, 0.29) is 19.4 Å². The number of unbranched alkanes of at least 4 members (excludes halogenated alkanes) is 28. The van der Waals surface area contributed by atoms with Gasteiger partial charge in [0.05, 0.1) is 6.61 Å². The second-order valence-corrected chi connectivity index (χ2v) is 19.0. The summed E-state index contributed by atoms with van der Waals surface area (Å²) in [5.41, 5.74) is 0. The Hall–Kier alpha value is -1.61. The van der Waals surface area contributed by atoms with Crippen LogP contribution in [0.3, 0.4) is 0 Å². The first-order chi connectivity index (χ1) is 29.5. The highest BCUT2D eigenvalue weighted by atomic mass is 32.2. The van der Waals surface area contributed by atoms with Crippen LogP contribution in [0.15, 0.2) is 12.2 Å². The standard InChI is InChI=1S/C48H90O12S/c1-3-5-7-9-11-13-15-17-18-19-20-21-22-23-24-25-27-28-30-32-34-36-43(49)57-38-41(39-58-48-47(53)46(52)45(51)42(60-48)40-61(54,55)56)59-44(50)37-35-33-31-29-26-16-14-12-10-8-6-4-2/h12,14,41-42,45-48,51-53H,3-11,13,15-40H2,1-2H3,(H,54,55,56)/b14-12+/t41-,42-,45-,46?,47?,48+/m1/s1. The Bertz CT molecular complexity index is 1180. The van der Waals surface area contributed by atoms with Gasteiger partial charge in [0, 0.05) is 12.8 Å². The minimum atomic E-state index is -4.60. The Balaban J connectivity index is 2.34. The van der Waals surface area contributed by atoms with Crippen LogP contribution < -0.4 is 0 Å². The summed E-state index contributed by atoms with van der Waals surface area (Å²) in [5.74, 6) is -1.98. The summed E-state index contributed by atoms with van der Waals surface area (Å²) in [6.45, 7) is 3.75. The van der Waals surface area contributed by atoms with Crippen LogP contribution in [0.4, 0.5) is 0 Å². The second kappa shape index (κ2) is 38.8. The first-order valence-corrected chi connectivity index (χ1v) is 26.4. The molecule has 6 atom stereocenters. The molecule has 13 heteroatoms. The van der Waals surface area contributed by atoms with E-state index < -0.39 is 71.2 Å². The Morgan fingerprint density at radius 2 is 0.934 bits per heavy atom. The lowest BCUT2D eigenvalue weighted by atomic mass is 10.00. The van der Waals surface area contributed by atoms with Gasteiger partial charge in [-0.25, -0.2) is 0 Å². The fraction of sp³-hybridized carbons (Fsp3) is 0.917. The zero-order valence-corrected chi connectivity index (χ0v) is 39.4. The van der Waals surface area contributed by atoms with Crippen LogP contribution >= 0.6 is 0 Å². The Morgan fingerprint density at radius 3 is 1.39 bits per heavy atom. The lowest BCUT2D eigenvalue weighted by molar-refractivity contribution is -0.297. The predicted octanol–water partition coefficient (Wildman–Crippen LogP) is 10.6. The molecule has 0 aromatic carbocycles. The maximum atomic E-state index is 12.8. The van der Waals surface area contributed by atoms with Crippen LogP contribution in [-0.4, -0.2) is 96.0 Å². The van der Waals surface area contributed by atoms with Gasteiger partial charge in [0.1, 0.15) is 36.8 Å². The SMILES string of the molecule is CCCCC/C=C/CCCCCCCC(=O)O[C@H](COC(=O)CCCCCCCCCCCCCCCCCCCCCCC)CO[C@H]1O[C@H](CS(=O)(=O)O)[C@@H](O)C(O)C1O. The van der Waals surface area contributed by atoms with Crippen LogP contribution in [0.1, 0.15) is 226 Å². The van der Waals surface area contributed by atoms with E-state index in [4.69, 9.17) is 18.9 Å². The molecule has 0 spiro atoms. The summed E-state index contributed by atoms with van der Waals surface area (Å²) >= 11 is 0. The van der Waals surface area contributed by atoms with Gasteiger partial charge in [-0.3, -0.25) is 14.1 Å². The first kappa shape index (κ1) is 57.4. The van der Waals surface area contributed by atoms with Crippen LogP contribution in [0, 0.1) is 0 Å². The smallest absolute Gasteiger partial charge is 0.306 e. The number of hydrogen-bond donors (Lipinski definition) is 4. The molecule has 12 nitrogen and oxygen atoms in total. The Morgan fingerprint density at radius 1 is 0.541 bits per heavy atom. The van der Waals surface area contributed by atoms with Crippen molar-refractivity contribution in [2.24, 2.45) is 0 Å². The number of hydrogen-bond acceptors (Lipinski definition) is 11. The van der Waals surface area contributed by atoms with Gasteiger partial charge >= 0.3 is 11.9 Å². The molecule has 1 heterocycles. The number of carbonyl (C=O) groups is 2. The lowest BCUT2D eigenvalue weighted by Gasteiger charge is -2.40. The van der Waals surface area contributed by atoms with E-state index in [0.717, 1.165) is 57.8 Å². The number of aliphatic hydroxyl groups is 3. The summed E-state index contributed by atoms with van der Waals surface area (Å²) in [5, 5.41) is 30.9. The molecule has 360 valence electrons. The molecule has 4 N–H and O–H groups in total. The average Bonchev–Trinajstić information content (AvgIpc) is 3.22. The molecule has 0 saturated carbocycles. The quantitative estimate of drug-likeness (QED) is 0.0197. The lowest BCUT2D eigenvalue weighted by Crippen LogP contribution is -2.60. The average molecular weight is 891 g/mol. The molecule has 1 rings (SSSR count). The highest BCUT2D eigenvalue weighted by Crippen LogP contribution is 2.24. The summed E-state index contributed by atoms with van der Waals surface area (Å²) in [4.78, 5) is 25.4. The van der Waals surface area contributed by atoms with Crippen molar-refractivity contribution < 1.29 is 56.8 Å². The van der Waals surface area contributed by atoms with Crippen molar-refractivity contribution in [3.63, 3.8) is 0 Å². The van der Waals surface area contributed by atoms with Gasteiger partial charge in [-0.05, 0) is 38.5 Å². The molecule has 0 aromatic rings. The van der Waals surface area contributed by atoms with Crippen molar-refractivity contribution in [3.05, 3.63) is 12.2 Å². The van der Waals surface area contributed by atoms with E-state index in [1.54, 1.807) is 0 Å². The minimum Gasteiger partial charge on any atom is -0.462 e. The fourth-order valence-electron chi connectivity index (χ4n) is 7.73. The minimum absolute atomic E-state index is 0.158. The van der Waals surface area contributed by atoms with E-state index in [9.17, 15) is 37.9 Å². The van der Waals surface area contributed by atoms with Crippen LogP contribution in [0.25, 0.3) is 0 Å². The normalized spacial score (nSPS) is 20.0. The van der Waals surface area contributed by atoms with Crippen LogP contribution in [-0.2, 0) is 38.7 Å². The molecule has 0 bridgehead atoms. The van der Waals surface area contributed by atoms with E-state index in [2.05, 4.69) is 26.0 Å². The van der Waals surface area contributed by atoms with Crippen molar-refractivity contribution in [3.8, 4) is 0 Å². The summed E-state index contributed by atoms with van der Waals surface area (Å²) < 4.78 is 54.1. The zero-order valence-electron chi connectivity index (χ0n) is 38.5. The molecular weight excluding hydrogens is 801 g/mol. The summed E-state index contributed by atoms with van der Waals surface area (Å²) in [6.07, 6.45) is 32.6. The van der Waals surface area contributed by atoms with E-state index in [0.29, 0.717) is 12.8 Å². The van der Waals surface area contributed by atoms with Crippen molar-refractivity contribution in [1.29, 1.82) is 0 Å². The van der Waals surface area contributed by atoms with Gasteiger partial charge in [0.25, 0.3) is 10.1 Å². The molecule has 0 aliphatic carbocycles. The number of esters is 2. The number of ether oxygens (including phenoxy) is 4. The Labute approximate surface area is 371 Å². The number of aliphatic hydroxyl groups excluding tert-OH is 3. The maximum Gasteiger partial charge on any atom is 0.306 e. The largest absolute Gasteiger partial charge is 0.462 e. The summed E-state index contributed by atoms with van der Waals surface area (Å²) in [6, 6.07) is 0. The summed E-state index contributed by atoms with van der Waals surface area (Å²) in [7, 11) is -4.60. The van der Waals surface area contributed by atoms with Gasteiger partial charge < -0.3 is 34.3 Å². The van der Waals surface area contributed by atoms with Gasteiger partial charge in [0.15, 0.2) is 12.4 Å². The van der Waals surface area contributed by atoms with E-state index >= 15 is 0 Å². The van der Waals surface area contributed by atoms with Crippen molar-refractivity contribution in [2.45, 2.75) is 263 Å². The maximum absolute atomic E-state index is 12.8. The third kappa shape index (κ3) is 33.6. The molecule has 1 aliphatic rings. The zero-order chi connectivity index (χ0) is 44.8. The Kier molecular flexibility index (Phi) is 36.5. The molecular formula is C48H90O12S. The molecule has 2 unspecified atom stereocenters. The molecule has 0 aromatic heterocycles. The fourth-order valence-corrected chi connectivity index (χ4v) is 8.42. The highest BCUT2D eigenvalue weighted by molar-refractivity contribution is 7.85. The van der Waals surface area contributed by atoms with E-state index in [1.807, 2.05) is 0 Å². The predicted molar refractivity (Wildman–Crippen MR) is 243 cm³/mol. The van der Waals surface area contributed by atoms with Gasteiger partial charge in [-0.2, -0.15) is 8.42 Å². The monoisotopic (exact) mass is 891 g/mol. The van der Waals surface area contributed by atoms with Gasteiger partial charge in [0.2, 0.25) is 0 Å². The van der Waals surface area contributed by atoms with Gasteiger partial charge in [-0.1, -0.05) is 187 Å². The first-order valence-electron chi connectivity index (χ1n) is 24.7. The van der Waals surface area contributed by atoms with E-state index in [1.165, 1.54) is 128 Å². The van der Waals surface area contributed by atoms with Crippen molar-refractivity contribution in [1.82, 2.24) is 0 Å². The molecule has 1 fully saturated rings. The molecule has 1 aliphatic heterocycles. The van der Waals surface area contributed by atoms with Gasteiger partial charge in [-0.15, -0.1) is 0 Å². The van der Waals surface area contributed by atoms with Crippen molar-refractivity contribution in [2.75, 3.05) is 19.0 Å². The molecule has 0 radical (unpaired) electrons. The molecule has 1 saturated heterocycles. The number of carbonyl (C=O) groups excluding carboxylic acids is 2. The molecule has 0 amide bonds. The number of allylic oxidation sites excluding steroid dienone is 2. The third-order valence-corrected chi connectivity index (χ3v) is 12.3. The number of rotatable bonds is 42. The molecule has 61 heavy (non-hydrogen) atoms. The second-order valence-electron chi connectivity index (χ2n) is 17.5. The van der Waals surface area contributed by atoms with Crippen molar-refractivity contribution >= 4 is 22.1 Å².